The minimum Gasteiger partial charge on any atom is -0.322 e. The number of hydrogen-bond acceptors (Lipinski definition) is 4. The summed E-state index contributed by atoms with van der Waals surface area (Å²) in [6.45, 7) is 4.78. The summed E-state index contributed by atoms with van der Waals surface area (Å²) < 4.78 is 0. The first-order valence-electron chi connectivity index (χ1n) is 11.5. The molecule has 0 spiro atoms. The number of fused-ring (bicyclic) bond motifs is 1. The molecular formula is C26H29N3O3. The molecule has 5 rings (SSSR count). The number of imide groups is 1. The first-order chi connectivity index (χ1) is 15.5. The molecule has 0 bridgehead atoms. The lowest BCUT2D eigenvalue weighted by Crippen LogP contribution is -2.52. The summed E-state index contributed by atoms with van der Waals surface area (Å²) in [5, 5.41) is 2.37. The van der Waals surface area contributed by atoms with Gasteiger partial charge in [-0.2, -0.15) is 0 Å². The SMILES string of the molecule is C[C@H]1C[C@@H](c2ccc3c(c2)CN(C2CCC(=O)NC2=O)C3=O)CCN1Cc1ccccc1. The van der Waals surface area contributed by atoms with Crippen molar-refractivity contribution < 1.29 is 14.4 Å². The summed E-state index contributed by atoms with van der Waals surface area (Å²) in [4.78, 5) is 40.8. The van der Waals surface area contributed by atoms with E-state index in [1.807, 2.05) is 6.07 Å². The monoisotopic (exact) mass is 431 g/mol. The van der Waals surface area contributed by atoms with E-state index in [1.165, 1.54) is 11.1 Å². The van der Waals surface area contributed by atoms with Gasteiger partial charge in [-0.05, 0) is 61.4 Å². The van der Waals surface area contributed by atoms with Crippen molar-refractivity contribution in [2.75, 3.05) is 6.54 Å². The third-order valence-electron chi connectivity index (χ3n) is 7.26. The molecule has 3 amide bonds. The van der Waals surface area contributed by atoms with Gasteiger partial charge in [0, 0.05) is 31.1 Å². The zero-order chi connectivity index (χ0) is 22.2. The van der Waals surface area contributed by atoms with Crippen molar-refractivity contribution in [1.29, 1.82) is 0 Å². The third kappa shape index (κ3) is 3.95. The molecule has 3 aliphatic heterocycles. The quantitative estimate of drug-likeness (QED) is 0.755. The highest BCUT2D eigenvalue weighted by Gasteiger charge is 2.39. The van der Waals surface area contributed by atoms with Gasteiger partial charge in [0.05, 0.1) is 0 Å². The van der Waals surface area contributed by atoms with Gasteiger partial charge < -0.3 is 4.90 Å². The smallest absolute Gasteiger partial charge is 0.255 e. The number of rotatable bonds is 4. The molecule has 2 aromatic rings. The number of nitrogens with one attached hydrogen (secondary N) is 1. The van der Waals surface area contributed by atoms with Crippen LogP contribution in [0, 0.1) is 0 Å². The van der Waals surface area contributed by atoms with E-state index in [-0.39, 0.29) is 24.1 Å². The van der Waals surface area contributed by atoms with Gasteiger partial charge in [-0.3, -0.25) is 24.6 Å². The van der Waals surface area contributed by atoms with Gasteiger partial charge in [-0.15, -0.1) is 0 Å². The van der Waals surface area contributed by atoms with E-state index >= 15 is 0 Å². The number of amides is 3. The summed E-state index contributed by atoms with van der Waals surface area (Å²) in [5.41, 5.74) is 4.32. The minimum absolute atomic E-state index is 0.105. The largest absolute Gasteiger partial charge is 0.322 e. The van der Waals surface area contributed by atoms with Crippen LogP contribution < -0.4 is 5.32 Å². The first kappa shape index (κ1) is 20.9. The fraction of sp³-hybridized carbons (Fsp3) is 0.423. The molecule has 0 aliphatic carbocycles. The molecule has 0 radical (unpaired) electrons. The second kappa shape index (κ2) is 8.51. The molecule has 1 unspecified atom stereocenters. The number of piperidine rings is 2. The van der Waals surface area contributed by atoms with Crippen LogP contribution >= 0.6 is 0 Å². The number of likely N-dealkylation sites (tertiary alicyclic amines) is 1. The number of benzene rings is 2. The molecule has 6 heteroatoms. The Labute approximate surface area is 188 Å². The van der Waals surface area contributed by atoms with E-state index in [4.69, 9.17) is 0 Å². The topological polar surface area (TPSA) is 69.7 Å². The molecule has 3 atom stereocenters. The van der Waals surface area contributed by atoms with Crippen LogP contribution in [0.3, 0.4) is 0 Å². The standard InChI is InChI=1S/C26H29N3O3/c1-17-13-20(11-12-28(17)15-18-5-3-2-4-6-18)19-7-8-22-21(14-19)16-29(26(22)32)23-9-10-24(30)27-25(23)31/h2-8,14,17,20,23H,9-13,15-16H2,1H3,(H,27,30,31)/t17-,20-,23?/m0/s1. The zero-order valence-corrected chi connectivity index (χ0v) is 18.4. The van der Waals surface area contributed by atoms with Crippen molar-refractivity contribution >= 4 is 17.7 Å². The molecule has 2 saturated heterocycles. The van der Waals surface area contributed by atoms with Crippen LogP contribution in [-0.4, -0.2) is 46.1 Å². The molecule has 3 heterocycles. The third-order valence-corrected chi connectivity index (χ3v) is 7.26. The summed E-state index contributed by atoms with van der Waals surface area (Å²) >= 11 is 0. The van der Waals surface area contributed by atoms with Crippen LogP contribution in [0.1, 0.15) is 65.6 Å². The first-order valence-corrected chi connectivity index (χ1v) is 11.5. The lowest BCUT2D eigenvalue weighted by atomic mass is 9.84. The maximum absolute atomic E-state index is 12.9. The van der Waals surface area contributed by atoms with Crippen LogP contribution in [0.4, 0.5) is 0 Å². The van der Waals surface area contributed by atoms with Crippen LogP contribution in [0.25, 0.3) is 0 Å². The van der Waals surface area contributed by atoms with Gasteiger partial charge >= 0.3 is 0 Å². The molecule has 32 heavy (non-hydrogen) atoms. The minimum atomic E-state index is -0.558. The Bertz CT molecular complexity index is 1050. The predicted octanol–water partition coefficient (Wildman–Crippen LogP) is 3.22. The molecule has 0 aromatic heterocycles. The normalized spacial score (nSPS) is 26.2. The Morgan fingerprint density at radius 1 is 1.03 bits per heavy atom. The molecule has 166 valence electrons. The van der Waals surface area contributed by atoms with Gasteiger partial charge in [-0.25, -0.2) is 0 Å². The van der Waals surface area contributed by atoms with Crippen LogP contribution in [0.15, 0.2) is 48.5 Å². The zero-order valence-electron chi connectivity index (χ0n) is 18.4. The fourth-order valence-electron chi connectivity index (χ4n) is 5.42. The Balaban J connectivity index is 1.26. The molecular weight excluding hydrogens is 402 g/mol. The molecule has 2 fully saturated rings. The van der Waals surface area contributed by atoms with E-state index in [9.17, 15) is 14.4 Å². The Morgan fingerprint density at radius 2 is 1.84 bits per heavy atom. The second-order valence-corrected chi connectivity index (χ2v) is 9.34. The average Bonchev–Trinajstić information content (AvgIpc) is 3.11. The van der Waals surface area contributed by atoms with Crippen molar-refractivity contribution in [3.05, 3.63) is 70.8 Å². The number of carbonyl (C=O) groups excluding carboxylic acids is 3. The maximum Gasteiger partial charge on any atom is 0.255 e. The van der Waals surface area contributed by atoms with Crippen molar-refractivity contribution in [1.82, 2.24) is 15.1 Å². The van der Waals surface area contributed by atoms with Gasteiger partial charge in [0.25, 0.3) is 5.91 Å². The highest BCUT2D eigenvalue weighted by atomic mass is 16.2. The second-order valence-electron chi connectivity index (χ2n) is 9.34. The lowest BCUT2D eigenvalue weighted by molar-refractivity contribution is -0.136. The lowest BCUT2D eigenvalue weighted by Gasteiger charge is -2.38. The molecule has 2 aromatic carbocycles. The highest BCUT2D eigenvalue weighted by molar-refractivity contribution is 6.05. The molecule has 0 saturated carbocycles. The number of carbonyl (C=O) groups is 3. The van der Waals surface area contributed by atoms with Crippen molar-refractivity contribution in [3.8, 4) is 0 Å². The fourth-order valence-corrected chi connectivity index (χ4v) is 5.42. The summed E-state index contributed by atoms with van der Waals surface area (Å²) in [5.74, 6) is -0.248. The summed E-state index contributed by atoms with van der Waals surface area (Å²) in [6, 6.07) is 16.7. The van der Waals surface area contributed by atoms with Crippen molar-refractivity contribution in [2.24, 2.45) is 0 Å². The molecule has 3 aliphatic rings. The van der Waals surface area contributed by atoms with E-state index in [0.29, 0.717) is 30.5 Å². The Hall–Kier alpha value is -2.99. The van der Waals surface area contributed by atoms with E-state index in [0.717, 1.165) is 31.5 Å². The van der Waals surface area contributed by atoms with Gasteiger partial charge in [-0.1, -0.05) is 42.5 Å². The van der Waals surface area contributed by atoms with Gasteiger partial charge in [0.2, 0.25) is 11.8 Å². The number of nitrogens with zero attached hydrogens (tertiary/aromatic N) is 2. The van der Waals surface area contributed by atoms with E-state index in [1.54, 1.807) is 4.90 Å². The van der Waals surface area contributed by atoms with Crippen molar-refractivity contribution in [2.45, 2.75) is 63.7 Å². The van der Waals surface area contributed by atoms with Crippen LogP contribution in [0.5, 0.6) is 0 Å². The predicted molar refractivity (Wildman–Crippen MR) is 121 cm³/mol. The summed E-state index contributed by atoms with van der Waals surface area (Å²) in [6.07, 6.45) is 2.87. The molecule has 6 nitrogen and oxygen atoms in total. The highest BCUT2D eigenvalue weighted by Crippen LogP contribution is 2.35. The molecule has 1 N–H and O–H groups in total. The van der Waals surface area contributed by atoms with Crippen molar-refractivity contribution in [3.63, 3.8) is 0 Å². The van der Waals surface area contributed by atoms with Crippen LogP contribution in [-0.2, 0) is 22.7 Å². The number of hydrogen-bond donors (Lipinski definition) is 1. The van der Waals surface area contributed by atoms with E-state index in [2.05, 4.69) is 59.6 Å². The Morgan fingerprint density at radius 3 is 2.59 bits per heavy atom. The maximum atomic E-state index is 12.9. The van der Waals surface area contributed by atoms with Crippen LogP contribution in [0.2, 0.25) is 0 Å². The van der Waals surface area contributed by atoms with Gasteiger partial charge in [0.15, 0.2) is 0 Å². The Kier molecular flexibility index (Phi) is 5.55. The van der Waals surface area contributed by atoms with Gasteiger partial charge in [0.1, 0.15) is 6.04 Å². The average molecular weight is 432 g/mol. The summed E-state index contributed by atoms with van der Waals surface area (Å²) in [7, 11) is 0. The van der Waals surface area contributed by atoms with E-state index < -0.39 is 6.04 Å².